The topological polar surface area (TPSA) is 12.0 Å². The fraction of sp³-hybridized carbons (Fsp3) is 0.667. The first-order valence-corrected chi connectivity index (χ1v) is 9.13. The van der Waals surface area contributed by atoms with Crippen LogP contribution in [-0.4, -0.2) is 17.8 Å². The van der Waals surface area contributed by atoms with E-state index >= 15 is 0 Å². The fourth-order valence-corrected chi connectivity index (χ4v) is 5.41. The Morgan fingerprint density at radius 1 is 1.20 bits per heavy atom. The van der Waals surface area contributed by atoms with Crippen molar-refractivity contribution >= 4 is 11.8 Å². The van der Waals surface area contributed by atoms with E-state index in [-0.39, 0.29) is 0 Å². The Kier molecular flexibility index (Phi) is 4.72. The lowest BCUT2D eigenvalue weighted by Crippen LogP contribution is -2.45. The first-order valence-electron chi connectivity index (χ1n) is 8.26. The van der Waals surface area contributed by atoms with Gasteiger partial charge in [0.1, 0.15) is 0 Å². The smallest absolute Gasteiger partial charge is 0.0291 e. The summed E-state index contributed by atoms with van der Waals surface area (Å²) >= 11 is 2.12. The maximum absolute atomic E-state index is 3.82. The molecule has 2 aliphatic rings. The van der Waals surface area contributed by atoms with Crippen molar-refractivity contribution in [3.63, 3.8) is 0 Å². The van der Waals surface area contributed by atoms with Crippen molar-refractivity contribution in [2.24, 2.45) is 11.8 Å². The quantitative estimate of drug-likeness (QED) is 0.875. The molecule has 1 aromatic carbocycles. The number of nitrogens with one attached hydrogen (secondary N) is 1. The van der Waals surface area contributed by atoms with Gasteiger partial charge in [0.15, 0.2) is 0 Å². The molecule has 0 spiro atoms. The number of thioether (sulfide) groups is 1. The largest absolute Gasteiger partial charge is 0.313 e. The first-order chi connectivity index (χ1) is 9.78. The molecular weight excluding hydrogens is 262 g/mol. The van der Waals surface area contributed by atoms with Crippen LogP contribution in [0.3, 0.4) is 0 Å². The van der Waals surface area contributed by atoms with Crippen molar-refractivity contribution in [1.29, 1.82) is 0 Å². The Hall–Kier alpha value is -0.470. The molecule has 20 heavy (non-hydrogen) atoms. The number of benzene rings is 1. The highest BCUT2D eigenvalue weighted by atomic mass is 32.2. The standard InChI is InChI=1S/C18H27NS/c1-3-19-18(14-10-8-13(2)9-11-14)17-12-15-6-4-5-7-16(15)20-17/h4-7,13-14,17-19H,3,8-12H2,1-2H3. The van der Waals surface area contributed by atoms with E-state index in [4.69, 9.17) is 0 Å². The summed E-state index contributed by atoms with van der Waals surface area (Å²) < 4.78 is 0. The van der Waals surface area contributed by atoms with E-state index in [1.54, 1.807) is 5.56 Å². The molecule has 1 aromatic rings. The lowest BCUT2D eigenvalue weighted by Gasteiger charge is -2.36. The molecule has 2 atom stereocenters. The number of rotatable bonds is 4. The molecular formula is C18H27NS. The van der Waals surface area contributed by atoms with Crippen LogP contribution in [0.2, 0.25) is 0 Å². The maximum atomic E-state index is 3.82. The molecule has 0 aromatic heterocycles. The van der Waals surface area contributed by atoms with E-state index in [1.165, 1.54) is 37.0 Å². The molecule has 1 aliphatic heterocycles. The van der Waals surface area contributed by atoms with Gasteiger partial charge in [-0.2, -0.15) is 0 Å². The SMILES string of the molecule is CCNC(C1CCC(C)CC1)C1Cc2ccccc2S1. The van der Waals surface area contributed by atoms with E-state index in [1.807, 2.05) is 0 Å². The third kappa shape index (κ3) is 3.07. The summed E-state index contributed by atoms with van der Waals surface area (Å²) in [6.07, 6.45) is 6.96. The molecule has 1 fully saturated rings. The zero-order valence-electron chi connectivity index (χ0n) is 12.8. The summed E-state index contributed by atoms with van der Waals surface area (Å²) in [5.74, 6) is 1.83. The van der Waals surface area contributed by atoms with E-state index in [0.29, 0.717) is 6.04 Å². The van der Waals surface area contributed by atoms with Crippen LogP contribution >= 0.6 is 11.8 Å². The van der Waals surface area contributed by atoms with Gasteiger partial charge in [-0.25, -0.2) is 0 Å². The molecule has 1 N–H and O–H groups in total. The van der Waals surface area contributed by atoms with Gasteiger partial charge in [0, 0.05) is 16.2 Å². The molecule has 0 saturated heterocycles. The van der Waals surface area contributed by atoms with Gasteiger partial charge < -0.3 is 5.32 Å². The molecule has 1 aliphatic carbocycles. The first kappa shape index (κ1) is 14.5. The summed E-state index contributed by atoms with van der Waals surface area (Å²) in [5, 5.41) is 4.56. The van der Waals surface area contributed by atoms with Crippen LogP contribution in [0.15, 0.2) is 29.2 Å². The Labute approximate surface area is 127 Å². The average Bonchev–Trinajstić information content (AvgIpc) is 2.89. The molecule has 0 amide bonds. The molecule has 0 radical (unpaired) electrons. The van der Waals surface area contributed by atoms with Crippen LogP contribution in [0, 0.1) is 11.8 Å². The minimum absolute atomic E-state index is 0.699. The van der Waals surface area contributed by atoms with Crippen molar-refractivity contribution in [3.05, 3.63) is 29.8 Å². The second-order valence-electron chi connectivity index (χ2n) is 6.57. The van der Waals surface area contributed by atoms with Crippen molar-refractivity contribution in [2.45, 2.75) is 62.1 Å². The number of hydrogen-bond acceptors (Lipinski definition) is 2. The second kappa shape index (κ2) is 6.53. The Morgan fingerprint density at radius 3 is 2.65 bits per heavy atom. The minimum Gasteiger partial charge on any atom is -0.313 e. The highest BCUT2D eigenvalue weighted by molar-refractivity contribution is 8.00. The average molecular weight is 289 g/mol. The van der Waals surface area contributed by atoms with Crippen molar-refractivity contribution in [3.8, 4) is 0 Å². The van der Waals surface area contributed by atoms with Gasteiger partial charge in [-0.15, -0.1) is 11.8 Å². The summed E-state index contributed by atoms with van der Waals surface area (Å²) in [7, 11) is 0. The molecule has 1 nitrogen and oxygen atoms in total. The van der Waals surface area contributed by atoms with Crippen LogP contribution in [-0.2, 0) is 6.42 Å². The second-order valence-corrected chi connectivity index (χ2v) is 7.85. The summed E-state index contributed by atoms with van der Waals surface area (Å²) in [4.78, 5) is 1.52. The molecule has 3 rings (SSSR count). The van der Waals surface area contributed by atoms with Gasteiger partial charge in [-0.1, -0.05) is 44.9 Å². The van der Waals surface area contributed by atoms with Crippen molar-refractivity contribution in [2.75, 3.05) is 6.54 Å². The normalized spacial score (nSPS) is 31.0. The predicted molar refractivity (Wildman–Crippen MR) is 88.4 cm³/mol. The highest BCUT2D eigenvalue weighted by Crippen LogP contribution is 2.42. The Bertz CT molecular complexity index is 412. The zero-order chi connectivity index (χ0) is 13.9. The van der Waals surface area contributed by atoms with Crippen molar-refractivity contribution in [1.82, 2.24) is 5.32 Å². The van der Waals surface area contributed by atoms with Gasteiger partial charge >= 0.3 is 0 Å². The lowest BCUT2D eigenvalue weighted by molar-refractivity contribution is 0.228. The predicted octanol–water partition coefficient (Wildman–Crippen LogP) is 4.51. The van der Waals surface area contributed by atoms with Gasteiger partial charge in [-0.05, 0) is 49.3 Å². The number of hydrogen-bond donors (Lipinski definition) is 1. The summed E-state index contributed by atoms with van der Waals surface area (Å²) in [6.45, 7) is 5.77. The molecule has 110 valence electrons. The summed E-state index contributed by atoms with van der Waals surface area (Å²) in [5.41, 5.74) is 1.56. The molecule has 1 heterocycles. The van der Waals surface area contributed by atoms with Gasteiger partial charge in [-0.3, -0.25) is 0 Å². The van der Waals surface area contributed by atoms with E-state index in [9.17, 15) is 0 Å². The summed E-state index contributed by atoms with van der Waals surface area (Å²) in [6, 6.07) is 9.68. The molecule has 2 unspecified atom stereocenters. The van der Waals surface area contributed by atoms with Crippen molar-refractivity contribution < 1.29 is 0 Å². The molecule has 0 bridgehead atoms. The van der Waals surface area contributed by atoms with Crippen LogP contribution in [0.4, 0.5) is 0 Å². The maximum Gasteiger partial charge on any atom is 0.0291 e. The van der Waals surface area contributed by atoms with E-state index < -0.39 is 0 Å². The van der Waals surface area contributed by atoms with Crippen LogP contribution in [0.1, 0.15) is 45.1 Å². The fourth-order valence-electron chi connectivity index (χ4n) is 3.89. The van der Waals surface area contributed by atoms with E-state index in [0.717, 1.165) is 23.6 Å². The minimum atomic E-state index is 0.699. The van der Waals surface area contributed by atoms with Crippen LogP contribution in [0.25, 0.3) is 0 Å². The zero-order valence-corrected chi connectivity index (χ0v) is 13.6. The monoisotopic (exact) mass is 289 g/mol. The van der Waals surface area contributed by atoms with Crippen LogP contribution in [0.5, 0.6) is 0 Å². The van der Waals surface area contributed by atoms with Crippen LogP contribution < -0.4 is 5.32 Å². The van der Waals surface area contributed by atoms with Gasteiger partial charge in [0.05, 0.1) is 0 Å². The van der Waals surface area contributed by atoms with Gasteiger partial charge in [0.25, 0.3) is 0 Å². The molecule has 1 saturated carbocycles. The van der Waals surface area contributed by atoms with E-state index in [2.05, 4.69) is 55.2 Å². The van der Waals surface area contributed by atoms with Gasteiger partial charge in [0.2, 0.25) is 0 Å². The third-order valence-electron chi connectivity index (χ3n) is 5.08. The Balaban J connectivity index is 1.69. The highest BCUT2D eigenvalue weighted by Gasteiger charge is 2.35. The number of fused-ring (bicyclic) bond motifs is 1. The Morgan fingerprint density at radius 2 is 1.95 bits per heavy atom. The lowest BCUT2D eigenvalue weighted by atomic mass is 9.77. The third-order valence-corrected chi connectivity index (χ3v) is 6.50. The molecule has 2 heteroatoms.